The van der Waals surface area contributed by atoms with Crippen molar-refractivity contribution < 1.29 is 4.62 Å². The van der Waals surface area contributed by atoms with Crippen LogP contribution < -0.4 is 5.73 Å². The lowest BCUT2D eigenvalue weighted by Crippen LogP contribution is -2.19. The number of nitrogen functional groups attached to an aromatic ring is 1. The monoisotopic (exact) mass is 261 g/mol. The minimum atomic E-state index is 0.587. The van der Waals surface area contributed by atoms with Crippen molar-refractivity contribution in [1.82, 2.24) is 10.0 Å². The van der Waals surface area contributed by atoms with Gasteiger partial charge in [0.1, 0.15) is 0 Å². The number of rotatable bonds is 5. The predicted molar refractivity (Wildman–Crippen MR) is 75.1 cm³/mol. The van der Waals surface area contributed by atoms with Crippen molar-refractivity contribution in [2.45, 2.75) is 13.1 Å². The van der Waals surface area contributed by atoms with Gasteiger partial charge in [-0.25, -0.2) is 0 Å². The molecule has 1 aromatic heterocycles. The fourth-order valence-corrected chi connectivity index (χ4v) is 1.83. The zero-order valence-corrected chi connectivity index (χ0v) is 11.1. The molecule has 0 aliphatic rings. The van der Waals surface area contributed by atoms with E-state index in [0.29, 0.717) is 18.8 Å². The average molecular weight is 261 g/mol. The molecule has 1 unspecified atom stereocenters. The van der Waals surface area contributed by atoms with Crippen molar-refractivity contribution in [3.63, 3.8) is 0 Å². The fraction of sp³-hybridized carbons (Fsp3) is 0.154. The molecule has 0 aliphatic heterocycles. The van der Waals surface area contributed by atoms with Crippen LogP contribution in [0.2, 0.25) is 0 Å². The SMILES string of the molecule is Nc1ccnc(CN(Cc2ccccc2)OP)c1. The van der Waals surface area contributed by atoms with E-state index in [4.69, 9.17) is 10.4 Å². The second kappa shape index (κ2) is 6.45. The van der Waals surface area contributed by atoms with Crippen molar-refractivity contribution in [2.75, 3.05) is 5.73 Å². The highest BCUT2D eigenvalue weighted by Crippen LogP contribution is 2.12. The van der Waals surface area contributed by atoms with Crippen molar-refractivity contribution in [3.8, 4) is 0 Å². The van der Waals surface area contributed by atoms with Gasteiger partial charge in [-0.15, -0.1) is 0 Å². The molecule has 1 atom stereocenters. The van der Waals surface area contributed by atoms with Crippen LogP contribution in [-0.2, 0) is 17.7 Å². The van der Waals surface area contributed by atoms with Gasteiger partial charge in [-0.2, -0.15) is 5.06 Å². The topological polar surface area (TPSA) is 51.4 Å². The second-order valence-corrected chi connectivity index (χ2v) is 4.18. The fourth-order valence-electron chi connectivity index (χ4n) is 1.68. The third-order valence-electron chi connectivity index (χ3n) is 2.53. The molecule has 5 heteroatoms. The first-order chi connectivity index (χ1) is 8.78. The molecule has 0 spiro atoms. The van der Waals surface area contributed by atoms with Gasteiger partial charge in [0.05, 0.1) is 12.2 Å². The lowest BCUT2D eigenvalue weighted by Gasteiger charge is -2.19. The van der Waals surface area contributed by atoms with Gasteiger partial charge in [-0.05, 0) is 17.7 Å². The molecule has 0 saturated heterocycles. The van der Waals surface area contributed by atoms with Gasteiger partial charge in [0, 0.05) is 27.9 Å². The molecule has 0 fully saturated rings. The first-order valence-electron chi connectivity index (χ1n) is 5.64. The van der Waals surface area contributed by atoms with Crippen molar-refractivity contribution in [2.24, 2.45) is 0 Å². The number of hydrogen-bond acceptors (Lipinski definition) is 4. The number of nitrogens with zero attached hydrogens (tertiary/aromatic N) is 2. The van der Waals surface area contributed by atoms with Crippen LogP contribution in [0.3, 0.4) is 0 Å². The van der Waals surface area contributed by atoms with Gasteiger partial charge < -0.3 is 5.73 Å². The van der Waals surface area contributed by atoms with E-state index in [1.807, 2.05) is 29.3 Å². The highest BCUT2D eigenvalue weighted by molar-refractivity contribution is 7.09. The Hall–Kier alpha value is -1.48. The van der Waals surface area contributed by atoms with E-state index in [2.05, 4.69) is 26.6 Å². The number of aromatic nitrogens is 1. The highest BCUT2D eigenvalue weighted by Gasteiger charge is 2.07. The Kier molecular flexibility index (Phi) is 4.65. The molecular weight excluding hydrogens is 245 g/mol. The number of nitrogens with two attached hydrogens (primary N) is 1. The number of pyridine rings is 1. The quantitative estimate of drug-likeness (QED) is 0.663. The molecule has 94 valence electrons. The Morgan fingerprint density at radius 1 is 1.17 bits per heavy atom. The lowest BCUT2D eigenvalue weighted by atomic mass is 10.2. The zero-order chi connectivity index (χ0) is 12.8. The summed E-state index contributed by atoms with van der Waals surface area (Å²) in [5.74, 6) is 0. The lowest BCUT2D eigenvalue weighted by molar-refractivity contribution is -0.0584. The van der Waals surface area contributed by atoms with Crippen LogP contribution in [0.5, 0.6) is 0 Å². The first-order valence-corrected chi connectivity index (χ1v) is 6.11. The smallest absolute Gasteiger partial charge is 0.0671 e. The second-order valence-electron chi connectivity index (χ2n) is 3.97. The Balaban J connectivity index is 2.01. The van der Waals surface area contributed by atoms with Gasteiger partial charge in [0.2, 0.25) is 0 Å². The summed E-state index contributed by atoms with van der Waals surface area (Å²) >= 11 is 0. The number of hydroxylamine groups is 2. The number of benzene rings is 1. The molecule has 1 heterocycles. The van der Waals surface area contributed by atoms with E-state index < -0.39 is 0 Å². The van der Waals surface area contributed by atoms with Gasteiger partial charge in [0.15, 0.2) is 0 Å². The largest absolute Gasteiger partial charge is 0.399 e. The van der Waals surface area contributed by atoms with E-state index in [0.717, 1.165) is 5.69 Å². The maximum atomic E-state index is 5.72. The zero-order valence-electron chi connectivity index (χ0n) is 9.99. The van der Waals surface area contributed by atoms with E-state index in [9.17, 15) is 0 Å². The van der Waals surface area contributed by atoms with E-state index >= 15 is 0 Å². The normalized spacial score (nSPS) is 10.8. The van der Waals surface area contributed by atoms with Crippen molar-refractivity contribution in [3.05, 3.63) is 59.9 Å². The summed E-state index contributed by atoms with van der Waals surface area (Å²) in [5, 5.41) is 1.81. The molecule has 0 saturated carbocycles. The molecule has 4 nitrogen and oxygen atoms in total. The molecule has 0 bridgehead atoms. The predicted octanol–water partition coefficient (Wildman–Crippen LogP) is 2.39. The summed E-state index contributed by atoms with van der Waals surface area (Å²) in [7, 11) is 2.26. The van der Waals surface area contributed by atoms with Crippen molar-refractivity contribution in [1.29, 1.82) is 0 Å². The minimum absolute atomic E-state index is 0.587. The molecule has 2 aromatic rings. The Labute approximate surface area is 109 Å². The molecule has 0 amide bonds. The molecule has 2 N–H and O–H groups in total. The highest BCUT2D eigenvalue weighted by atomic mass is 31.0. The van der Waals surface area contributed by atoms with Crippen LogP contribution in [0.15, 0.2) is 48.7 Å². The van der Waals surface area contributed by atoms with E-state index in [1.165, 1.54) is 5.56 Å². The third-order valence-corrected chi connectivity index (χ3v) is 2.83. The summed E-state index contributed by atoms with van der Waals surface area (Å²) in [5.41, 5.74) is 8.50. The van der Waals surface area contributed by atoms with Gasteiger partial charge in [-0.3, -0.25) is 9.61 Å². The summed E-state index contributed by atoms with van der Waals surface area (Å²) in [6.07, 6.45) is 1.70. The molecule has 0 aliphatic carbocycles. The maximum absolute atomic E-state index is 5.72. The summed E-state index contributed by atoms with van der Waals surface area (Å²) in [6.45, 7) is 1.28. The van der Waals surface area contributed by atoms with Gasteiger partial charge in [-0.1, -0.05) is 30.3 Å². The number of hydrogen-bond donors (Lipinski definition) is 1. The standard InChI is InChI=1S/C13H16N3OP/c14-12-6-7-15-13(8-12)10-16(17-18)9-11-4-2-1-3-5-11/h1-8H,9-10,18H2,(H2,14,15). The van der Waals surface area contributed by atoms with Crippen LogP contribution in [0, 0.1) is 0 Å². The molecule has 18 heavy (non-hydrogen) atoms. The van der Waals surface area contributed by atoms with Crippen molar-refractivity contribution >= 4 is 15.2 Å². The Morgan fingerprint density at radius 3 is 2.61 bits per heavy atom. The molecule has 2 rings (SSSR count). The Bertz CT molecular complexity index is 493. The van der Waals surface area contributed by atoms with Crippen LogP contribution in [-0.4, -0.2) is 10.0 Å². The van der Waals surface area contributed by atoms with E-state index in [-0.39, 0.29) is 0 Å². The summed E-state index contributed by atoms with van der Waals surface area (Å²) in [4.78, 5) is 4.26. The van der Waals surface area contributed by atoms with E-state index in [1.54, 1.807) is 12.3 Å². The summed E-state index contributed by atoms with van der Waals surface area (Å²) < 4.78 is 5.27. The average Bonchev–Trinajstić information content (AvgIpc) is 2.39. The maximum Gasteiger partial charge on any atom is 0.0671 e. The van der Waals surface area contributed by atoms with Crippen LogP contribution >= 0.6 is 9.47 Å². The minimum Gasteiger partial charge on any atom is -0.399 e. The first kappa shape index (κ1) is 13.0. The third kappa shape index (κ3) is 3.77. The molecule has 1 aromatic carbocycles. The molecule has 0 radical (unpaired) electrons. The molecular formula is C13H16N3OP. The number of anilines is 1. The van der Waals surface area contributed by atoms with Crippen LogP contribution in [0.4, 0.5) is 5.69 Å². The van der Waals surface area contributed by atoms with Gasteiger partial charge in [0.25, 0.3) is 0 Å². The Morgan fingerprint density at radius 2 is 1.94 bits per heavy atom. The van der Waals surface area contributed by atoms with Crippen LogP contribution in [0.25, 0.3) is 0 Å². The summed E-state index contributed by atoms with van der Waals surface area (Å²) in [6, 6.07) is 13.8. The van der Waals surface area contributed by atoms with Crippen LogP contribution in [0.1, 0.15) is 11.3 Å². The van der Waals surface area contributed by atoms with Gasteiger partial charge >= 0.3 is 0 Å².